The fourth-order valence-corrected chi connectivity index (χ4v) is 2.71. The van der Waals surface area contributed by atoms with Gasteiger partial charge in [0, 0.05) is 17.9 Å². The first kappa shape index (κ1) is 16.1. The van der Waals surface area contributed by atoms with Gasteiger partial charge in [-0.2, -0.15) is 0 Å². The minimum atomic E-state index is 0.255. The Hall–Kier alpha value is -0.920. The molecule has 1 rings (SSSR count). The fourth-order valence-electron chi connectivity index (χ4n) is 2.71. The summed E-state index contributed by atoms with van der Waals surface area (Å²) in [6, 6.07) is 2.13. The Labute approximate surface area is 119 Å². The van der Waals surface area contributed by atoms with Crippen molar-refractivity contribution in [2.24, 2.45) is 0 Å². The predicted molar refractivity (Wildman–Crippen MR) is 85.7 cm³/mol. The lowest BCUT2D eigenvalue weighted by Crippen LogP contribution is -2.34. The summed E-state index contributed by atoms with van der Waals surface area (Å²) in [7, 11) is 0. The van der Waals surface area contributed by atoms with E-state index < -0.39 is 0 Å². The second-order valence-corrected chi connectivity index (χ2v) is 6.05. The normalized spacial score (nSPS) is 14.3. The highest BCUT2D eigenvalue weighted by Crippen LogP contribution is 2.26. The predicted octanol–water partition coefficient (Wildman–Crippen LogP) is 5.74. The van der Waals surface area contributed by atoms with Crippen LogP contribution in [0.15, 0.2) is 18.5 Å². The fraction of sp³-hybridized carbons (Fsp3) is 0.765. The monoisotopic (exact) mass is 264 g/mol. The van der Waals surface area contributed by atoms with Crippen LogP contribution >= 0.6 is 0 Å². The van der Waals surface area contributed by atoms with Gasteiger partial charge in [0.1, 0.15) is 0 Å². The Morgan fingerprint density at radius 2 is 1.63 bits per heavy atom. The van der Waals surface area contributed by atoms with E-state index in [1.807, 2.05) is 6.20 Å². The van der Waals surface area contributed by atoms with Gasteiger partial charge < -0.3 is 10.3 Å². The van der Waals surface area contributed by atoms with Gasteiger partial charge in [-0.1, -0.05) is 58.8 Å². The van der Waals surface area contributed by atoms with E-state index >= 15 is 0 Å². The minimum absolute atomic E-state index is 0.255. The Bertz CT molecular complexity index is 305. The van der Waals surface area contributed by atoms with Crippen LogP contribution in [0.1, 0.15) is 78.6 Å². The molecule has 1 aromatic rings. The van der Waals surface area contributed by atoms with Crippen molar-refractivity contribution in [1.82, 2.24) is 4.98 Å². The van der Waals surface area contributed by atoms with Gasteiger partial charge in [0.25, 0.3) is 0 Å². The van der Waals surface area contributed by atoms with Crippen LogP contribution in [0.3, 0.4) is 0 Å². The van der Waals surface area contributed by atoms with Crippen LogP contribution in [-0.4, -0.2) is 10.5 Å². The molecular formula is C17H32N2. The molecule has 0 aliphatic heterocycles. The molecule has 0 aromatic carbocycles. The summed E-state index contributed by atoms with van der Waals surface area (Å²) < 4.78 is 0. The number of nitrogens with one attached hydrogen (secondary N) is 2. The molecule has 0 aliphatic carbocycles. The lowest BCUT2D eigenvalue weighted by Gasteiger charge is -2.32. The highest BCUT2D eigenvalue weighted by Gasteiger charge is 2.22. The van der Waals surface area contributed by atoms with Crippen molar-refractivity contribution >= 4 is 5.69 Å². The molecule has 0 amide bonds. The van der Waals surface area contributed by atoms with E-state index in [9.17, 15) is 0 Å². The highest BCUT2D eigenvalue weighted by atomic mass is 15.0. The first-order valence-electron chi connectivity index (χ1n) is 8.11. The van der Waals surface area contributed by atoms with E-state index in [1.165, 1.54) is 63.5 Å². The summed E-state index contributed by atoms with van der Waals surface area (Å²) in [5.74, 6) is 0. The van der Waals surface area contributed by atoms with Gasteiger partial charge in [0.15, 0.2) is 0 Å². The van der Waals surface area contributed by atoms with E-state index in [1.54, 1.807) is 0 Å². The molecule has 1 atom stereocenters. The number of H-pyrrole nitrogens is 1. The molecule has 110 valence electrons. The second kappa shape index (κ2) is 9.06. The SMILES string of the molecule is CCCCCCC(C)(CCCCC)Nc1cc[nH]c1. The standard InChI is InChI=1S/C17H32N2/c1-4-6-8-10-13-17(3,12-9-7-5-2)19-16-11-14-18-15-16/h11,14-15,18-19H,4-10,12-13H2,1-3H3. The summed E-state index contributed by atoms with van der Waals surface area (Å²) in [5, 5.41) is 3.74. The van der Waals surface area contributed by atoms with Crippen molar-refractivity contribution in [3.63, 3.8) is 0 Å². The molecule has 1 aromatic heterocycles. The summed E-state index contributed by atoms with van der Waals surface area (Å²) in [5.41, 5.74) is 1.49. The zero-order valence-electron chi connectivity index (χ0n) is 13.1. The van der Waals surface area contributed by atoms with Crippen molar-refractivity contribution in [2.45, 2.75) is 84.1 Å². The molecule has 0 spiro atoms. The number of aromatic nitrogens is 1. The molecule has 19 heavy (non-hydrogen) atoms. The molecule has 0 bridgehead atoms. The van der Waals surface area contributed by atoms with Crippen LogP contribution in [0.2, 0.25) is 0 Å². The molecule has 0 radical (unpaired) electrons. The lowest BCUT2D eigenvalue weighted by molar-refractivity contribution is 0.397. The third-order valence-electron chi connectivity index (χ3n) is 3.96. The van der Waals surface area contributed by atoms with Gasteiger partial charge in [0.2, 0.25) is 0 Å². The van der Waals surface area contributed by atoms with Crippen molar-refractivity contribution in [3.05, 3.63) is 18.5 Å². The van der Waals surface area contributed by atoms with Crippen LogP contribution in [-0.2, 0) is 0 Å². The summed E-state index contributed by atoms with van der Waals surface area (Å²) in [6.07, 6.45) is 16.0. The molecule has 0 saturated heterocycles. The van der Waals surface area contributed by atoms with Crippen molar-refractivity contribution < 1.29 is 0 Å². The number of rotatable bonds is 11. The van der Waals surface area contributed by atoms with E-state index in [0.29, 0.717) is 0 Å². The molecular weight excluding hydrogens is 232 g/mol. The van der Waals surface area contributed by atoms with Gasteiger partial charge in [-0.3, -0.25) is 0 Å². The molecule has 0 aliphatic rings. The number of aromatic amines is 1. The van der Waals surface area contributed by atoms with Crippen LogP contribution in [0.4, 0.5) is 5.69 Å². The lowest BCUT2D eigenvalue weighted by atomic mass is 9.88. The van der Waals surface area contributed by atoms with Gasteiger partial charge in [-0.25, -0.2) is 0 Å². The van der Waals surface area contributed by atoms with E-state index in [2.05, 4.69) is 43.3 Å². The van der Waals surface area contributed by atoms with Crippen LogP contribution in [0.25, 0.3) is 0 Å². The first-order valence-corrected chi connectivity index (χ1v) is 8.11. The zero-order valence-corrected chi connectivity index (χ0v) is 13.1. The van der Waals surface area contributed by atoms with Gasteiger partial charge in [-0.15, -0.1) is 0 Å². The van der Waals surface area contributed by atoms with E-state index in [4.69, 9.17) is 0 Å². The largest absolute Gasteiger partial charge is 0.379 e. The summed E-state index contributed by atoms with van der Waals surface area (Å²) >= 11 is 0. The molecule has 2 N–H and O–H groups in total. The van der Waals surface area contributed by atoms with Crippen LogP contribution in [0.5, 0.6) is 0 Å². The minimum Gasteiger partial charge on any atom is -0.379 e. The van der Waals surface area contributed by atoms with Crippen LogP contribution in [0, 0.1) is 0 Å². The Morgan fingerprint density at radius 3 is 2.21 bits per heavy atom. The first-order chi connectivity index (χ1) is 9.20. The Balaban J connectivity index is 2.45. The topological polar surface area (TPSA) is 27.8 Å². The Morgan fingerprint density at radius 1 is 1.00 bits per heavy atom. The smallest absolute Gasteiger partial charge is 0.0521 e. The van der Waals surface area contributed by atoms with Gasteiger partial charge in [0.05, 0.1) is 5.69 Å². The van der Waals surface area contributed by atoms with Crippen LogP contribution < -0.4 is 5.32 Å². The quantitative estimate of drug-likeness (QED) is 0.490. The second-order valence-electron chi connectivity index (χ2n) is 6.05. The third-order valence-corrected chi connectivity index (χ3v) is 3.96. The zero-order chi connectivity index (χ0) is 14.0. The molecule has 2 heteroatoms. The highest BCUT2D eigenvalue weighted by molar-refractivity contribution is 5.43. The third kappa shape index (κ3) is 6.70. The summed E-state index contributed by atoms with van der Waals surface area (Å²) in [6.45, 7) is 6.94. The molecule has 0 saturated carbocycles. The average molecular weight is 264 g/mol. The van der Waals surface area contributed by atoms with E-state index in [0.717, 1.165) is 0 Å². The molecule has 0 fully saturated rings. The Kier molecular flexibility index (Phi) is 7.69. The molecule has 1 unspecified atom stereocenters. The van der Waals surface area contributed by atoms with Gasteiger partial charge >= 0.3 is 0 Å². The number of unbranched alkanes of at least 4 members (excludes halogenated alkanes) is 5. The maximum Gasteiger partial charge on any atom is 0.0521 e. The average Bonchev–Trinajstić information content (AvgIpc) is 2.88. The maximum atomic E-state index is 3.74. The van der Waals surface area contributed by atoms with Gasteiger partial charge in [-0.05, 0) is 25.8 Å². The van der Waals surface area contributed by atoms with Crippen molar-refractivity contribution in [3.8, 4) is 0 Å². The number of hydrogen-bond donors (Lipinski definition) is 2. The van der Waals surface area contributed by atoms with Crippen molar-refractivity contribution in [2.75, 3.05) is 5.32 Å². The van der Waals surface area contributed by atoms with E-state index in [-0.39, 0.29) is 5.54 Å². The molecule has 1 heterocycles. The number of hydrogen-bond acceptors (Lipinski definition) is 1. The van der Waals surface area contributed by atoms with Crippen molar-refractivity contribution in [1.29, 1.82) is 0 Å². The molecule has 2 nitrogen and oxygen atoms in total. The summed E-state index contributed by atoms with van der Waals surface area (Å²) in [4.78, 5) is 3.13. The number of anilines is 1. The maximum absolute atomic E-state index is 3.74.